The Morgan fingerprint density at radius 3 is 2.00 bits per heavy atom. The van der Waals surface area contributed by atoms with Crippen molar-refractivity contribution in [1.29, 1.82) is 0 Å². The number of unbranched alkanes of at least 4 members (excludes halogenated alkanes) is 5. The predicted molar refractivity (Wildman–Crippen MR) is 49.7 cm³/mol. The molecular formula is C8H17BrO2. The lowest BCUT2D eigenvalue weighted by Gasteiger charge is -1.98. The molecule has 0 atom stereocenters. The molecule has 0 radical (unpaired) electrons. The zero-order chi connectivity index (χ0) is 8.36. The molecule has 0 aliphatic heterocycles. The van der Waals surface area contributed by atoms with E-state index in [9.17, 15) is 0 Å². The Balaban J connectivity index is 2.69. The molecule has 0 aliphatic carbocycles. The molecule has 0 aromatic heterocycles. The van der Waals surface area contributed by atoms with E-state index >= 15 is 0 Å². The molecule has 3 heteroatoms. The zero-order valence-electron chi connectivity index (χ0n) is 6.89. The molecule has 68 valence electrons. The van der Waals surface area contributed by atoms with Gasteiger partial charge in [0, 0.05) is 6.61 Å². The Labute approximate surface area is 77.4 Å². The van der Waals surface area contributed by atoms with Gasteiger partial charge in [-0.25, -0.2) is 0 Å². The molecule has 0 heterocycles. The summed E-state index contributed by atoms with van der Waals surface area (Å²) in [6, 6.07) is 0. The Hall–Kier alpha value is 0.400. The second-order valence-corrected chi connectivity index (χ2v) is 3.12. The lowest BCUT2D eigenvalue weighted by molar-refractivity contribution is 0.282. The predicted octanol–water partition coefficient (Wildman–Crippen LogP) is 2.65. The molecule has 2 nitrogen and oxygen atoms in total. The molecule has 0 saturated heterocycles. The summed E-state index contributed by atoms with van der Waals surface area (Å²) in [5.74, 6) is 0. The SMILES string of the molecule is OCCCCCCCCOBr. The normalized spacial score (nSPS) is 10.4. The number of hydrogen-bond acceptors (Lipinski definition) is 2. The molecule has 0 bridgehead atoms. The van der Waals surface area contributed by atoms with Gasteiger partial charge in [0.05, 0.1) is 22.9 Å². The maximum atomic E-state index is 8.48. The van der Waals surface area contributed by atoms with E-state index < -0.39 is 0 Å². The molecule has 0 aromatic carbocycles. The summed E-state index contributed by atoms with van der Waals surface area (Å²) in [7, 11) is 0. The summed E-state index contributed by atoms with van der Waals surface area (Å²) in [6.07, 6.45) is 6.97. The maximum Gasteiger partial charge on any atom is 0.0987 e. The van der Waals surface area contributed by atoms with Crippen LogP contribution in [0, 0.1) is 0 Å². The van der Waals surface area contributed by atoms with Gasteiger partial charge >= 0.3 is 0 Å². The van der Waals surface area contributed by atoms with Crippen molar-refractivity contribution in [3.63, 3.8) is 0 Å². The van der Waals surface area contributed by atoms with E-state index in [0.717, 1.165) is 25.9 Å². The van der Waals surface area contributed by atoms with Crippen molar-refractivity contribution in [2.45, 2.75) is 38.5 Å². The summed E-state index contributed by atoms with van der Waals surface area (Å²) in [4.78, 5) is 0. The molecule has 0 aromatic rings. The largest absolute Gasteiger partial charge is 0.396 e. The van der Waals surface area contributed by atoms with E-state index in [0.29, 0.717) is 6.61 Å². The highest BCUT2D eigenvalue weighted by Gasteiger charge is 1.89. The van der Waals surface area contributed by atoms with Gasteiger partial charge in [0.1, 0.15) is 0 Å². The topological polar surface area (TPSA) is 29.5 Å². The Kier molecular flexibility index (Phi) is 10.8. The van der Waals surface area contributed by atoms with Crippen LogP contribution in [0.15, 0.2) is 0 Å². The van der Waals surface area contributed by atoms with Crippen LogP contribution in [0.2, 0.25) is 0 Å². The van der Waals surface area contributed by atoms with Crippen LogP contribution in [0.4, 0.5) is 0 Å². The molecule has 0 amide bonds. The first kappa shape index (κ1) is 11.4. The lowest BCUT2D eigenvalue weighted by atomic mass is 10.1. The number of halogens is 1. The van der Waals surface area contributed by atoms with Crippen LogP contribution in [-0.2, 0) is 3.83 Å². The third-order valence-electron chi connectivity index (χ3n) is 1.63. The third kappa shape index (κ3) is 10.4. The van der Waals surface area contributed by atoms with Gasteiger partial charge in [0.25, 0.3) is 0 Å². The van der Waals surface area contributed by atoms with Crippen molar-refractivity contribution in [2.75, 3.05) is 13.2 Å². The standard InChI is InChI=1S/C8H17BrO2/c9-11-8-6-4-2-1-3-5-7-10/h10H,1-8H2. The minimum absolute atomic E-state index is 0.338. The Bertz CT molecular complexity index is 61.1. The van der Waals surface area contributed by atoms with E-state index in [4.69, 9.17) is 8.93 Å². The fourth-order valence-corrected chi connectivity index (χ4v) is 1.20. The van der Waals surface area contributed by atoms with Crippen molar-refractivity contribution >= 4 is 16.3 Å². The van der Waals surface area contributed by atoms with Crippen molar-refractivity contribution in [3.8, 4) is 0 Å². The van der Waals surface area contributed by atoms with Gasteiger partial charge in [0.2, 0.25) is 0 Å². The minimum Gasteiger partial charge on any atom is -0.396 e. The van der Waals surface area contributed by atoms with Crippen LogP contribution in [0.1, 0.15) is 38.5 Å². The van der Waals surface area contributed by atoms with E-state index in [-0.39, 0.29) is 0 Å². The lowest BCUT2D eigenvalue weighted by Crippen LogP contribution is -1.86. The van der Waals surface area contributed by atoms with Crippen LogP contribution in [0.5, 0.6) is 0 Å². The van der Waals surface area contributed by atoms with Gasteiger partial charge in [0.15, 0.2) is 0 Å². The summed E-state index contributed by atoms with van der Waals surface area (Å²) in [5, 5.41) is 8.48. The van der Waals surface area contributed by atoms with Gasteiger partial charge in [-0.1, -0.05) is 25.7 Å². The van der Waals surface area contributed by atoms with Gasteiger partial charge < -0.3 is 8.93 Å². The first-order chi connectivity index (χ1) is 5.41. The third-order valence-corrected chi connectivity index (χ3v) is 1.95. The summed E-state index contributed by atoms with van der Waals surface area (Å²) >= 11 is 2.91. The highest BCUT2D eigenvalue weighted by molar-refractivity contribution is 9.06. The van der Waals surface area contributed by atoms with E-state index in [1.165, 1.54) is 19.3 Å². The van der Waals surface area contributed by atoms with Gasteiger partial charge in [-0.15, -0.1) is 0 Å². The fraction of sp³-hybridized carbons (Fsp3) is 1.00. The van der Waals surface area contributed by atoms with Crippen molar-refractivity contribution in [3.05, 3.63) is 0 Å². The highest BCUT2D eigenvalue weighted by atomic mass is 79.9. The average Bonchev–Trinajstić information content (AvgIpc) is 2.03. The zero-order valence-corrected chi connectivity index (χ0v) is 8.48. The van der Waals surface area contributed by atoms with Crippen LogP contribution >= 0.6 is 16.3 Å². The molecule has 11 heavy (non-hydrogen) atoms. The monoisotopic (exact) mass is 224 g/mol. The average molecular weight is 225 g/mol. The first-order valence-corrected chi connectivity index (χ1v) is 4.91. The summed E-state index contributed by atoms with van der Waals surface area (Å²) in [6.45, 7) is 1.14. The van der Waals surface area contributed by atoms with Crippen LogP contribution < -0.4 is 0 Å². The molecule has 0 saturated carbocycles. The second-order valence-electron chi connectivity index (χ2n) is 2.66. The van der Waals surface area contributed by atoms with Crippen LogP contribution in [0.25, 0.3) is 0 Å². The molecule has 0 unspecified atom stereocenters. The second kappa shape index (κ2) is 10.4. The van der Waals surface area contributed by atoms with Gasteiger partial charge in [-0.2, -0.15) is 0 Å². The van der Waals surface area contributed by atoms with Gasteiger partial charge in [-0.05, 0) is 12.8 Å². The first-order valence-electron chi connectivity index (χ1n) is 4.26. The van der Waals surface area contributed by atoms with Gasteiger partial charge in [-0.3, -0.25) is 0 Å². The van der Waals surface area contributed by atoms with E-state index in [1.54, 1.807) is 0 Å². The fourth-order valence-electron chi connectivity index (χ4n) is 0.976. The summed E-state index contributed by atoms with van der Waals surface area (Å²) in [5.41, 5.74) is 0. The number of hydrogen-bond donors (Lipinski definition) is 1. The molecular weight excluding hydrogens is 208 g/mol. The number of aliphatic hydroxyl groups excluding tert-OH is 1. The highest BCUT2D eigenvalue weighted by Crippen LogP contribution is 2.05. The number of aliphatic hydroxyl groups is 1. The molecule has 1 N–H and O–H groups in total. The maximum absolute atomic E-state index is 8.48. The van der Waals surface area contributed by atoms with Crippen molar-refractivity contribution < 1.29 is 8.93 Å². The minimum atomic E-state index is 0.338. The Morgan fingerprint density at radius 1 is 0.909 bits per heavy atom. The van der Waals surface area contributed by atoms with Crippen LogP contribution in [0.3, 0.4) is 0 Å². The molecule has 0 rings (SSSR count). The van der Waals surface area contributed by atoms with E-state index in [1.807, 2.05) is 0 Å². The van der Waals surface area contributed by atoms with Crippen LogP contribution in [-0.4, -0.2) is 18.3 Å². The molecule has 0 fully saturated rings. The Morgan fingerprint density at radius 2 is 1.45 bits per heavy atom. The smallest absolute Gasteiger partial charge is 0.0987 e. The van der Waals surface area contributed by atoms with Crippen molar-refractivity contribution in [2.24, 2.45) is 0 Å². The summed E-state index contributed by atoms with van der Waals surface area (Å²) < 4.78 is 4.74. The molecule has 0 aliphatic rings. The quantitative estimate of drug-likeness (QED) is 0.643. The molecule has 0 spiro atoms. The number of rotatable bonds is 8. The van der Waals surface area contributed by atoms with E-state index in [2.05, 4.69) is 16.3 Å². The van der Waals surface area contributed by atoms with Crippen molar-refractivity contribution in [1.82, 2.24) is 0 Å².